The van der Waals surface area contributed by atoms with Crippen LogP contribution in [0.4, 0.5) is 13.9 Å². The van der Waals surface area contributed by atoms with E-state index < -0.39 is 11.8 Å². The van der Waals surface area contributed by atoms with Crippen LogP contribution in [0.15, 0.2) is 24.4 Å². The van der Waals surface area contributed by atoms with Crippen molar-refractivity contribution in [1.29, 1.82) is 0 Å². The molecule has 1 aliphatic heterocycles. The molecule has 1 N–H and O–H groups in total. The molecule has 1 amide bonds. The highest BCUT2D eigenvalue weighted by molar-refractivity contribution is 7.15. The van der Waals surface area contributed by atoms with E-state index in [1.165, 1.54) is 20.1 Å². The molecule has 2 aromatic heterocycles. The van der Waals surface area contributed by atoms with Gasteiger partial charge in [0.15, 0.2) is 16.7 Å². The minimum Gasteiger partial charge on any atom is -0.494 e. The van der Waals surface area contributed by atoms with Crippen molar-refractivity contribution >= 4 is 33.1 Å². The summed E-state index contributed by atoms with van der Waals surface area (Å²) in [5.41, 5.74) is 0. The van der Waals surface area contributed by atoms with Crippen molar-refractivity contribution in [2.24, 2.45) is 0 Å². The molecular formula is C21H22F2N4O3S. The van der Waals surface area contributed by atoms with E-state index in [-0.39, 0.29) is 28.9 Å². The number of hydrogen-bond donors (Lipinski definition) is 1. The molecule has 2 atom stereocenters. The summed E-state index contributed by atoms with van der Waals surface area (Å²) in [4.78, 5) is 21.8. The van der Waals surface area contributed by atoms with E-state index in [1.54, 1.807) is 18.3 Å². The predicted molar refractivity (Wildman–Crippen MR) is 114 cm³/mol. The summed E-state index contributed by atoms with van der Waals surface area (Å²) in [7, 11) is 1.42. The van der Waals surface area contributed by atoms with Gasteiger partial charge in [0, 0.05) is 50.1 Å². The molecule has 164 valence electrons. The highest BCUT2D eigenvalue weighted by Crippen LogP contribution is 2.30. The number of aromatic nitrogens is 2. The minimum atomic E-state index is -0.570. The Hall–Kier alpha value is -2.85. The fourth-order valence-corrected chi connectivity index (χ4v) is 4.60. The van der Waals surface area contributed by atoms with E-state index in [0.29, 0.717) is 29.2 Å². The molecule has 1 aromatic carbocycles. The molecule has 1 saturated heterocycles. The van der Waals surface area contributed by atoms with Crippen LogP contribution in [0.3, 0.4) is 0 Å². The number of amides is 1. The molecule has 3 heterocycles. The van der Waals surface area contributed by atoms with Crippen LogP contribution in [-0.4, -0.2) is 46.6 Å². The molecule has 3 aromatic rings. The van der Waals surface area contributed by atoms with Gasteiger partial charge in [0.05, 0.1) is 12.0 Å². The molecule has 4 rings (SSSR count). The van der Waals surface area contributed by atoms with Crippen molar-refractivity contribution < 1.29 is 23.0 Å². The first-order valence-electron chi connectivity index (χ1n) is 9.79. The normalized spacial score (nSPS) is 19.0. The molecule has 1 fully saturated rings. The second kappa shape index (κ2) is 8.72. The van der Waals surface area contributed by atoms with E-state index in [1.807, 2.05) is 6.92 Å². The maximum absolute atomic E-state index is 14.2. The van der Waals surface area contributed by atoms with E-state index in [4.69, 9.17) is 9.47 Å². The standard InChI is InChI=1S/C21H22F2N4O3S/c1-11-4-15(9-27(11)10-18-20(23)26-21(31-18)25-12(2)28)30-19-7-13-5-16(22)17(29-3)6-14(13)8-24-19/h5-8,11,15H,4,9-10H2,1-3H3,(H,25,26,28). The van der Waals surface area contributed by atoms with E-state index in [0.717, 1.165) is 23.1 Å². The topological polar surface area (TPSA) is 76.6 Å². The first-order valence-corrected chi connectivity index (χ1v) is 10.6. The van der Waals surface area contributed by atoms with Gasteiger partial charge in [-0.05, 0) is 24.4 Å². The third-order valence-corrected chi connectivity index (χ3v) is 6.13. The van der Waals surface area contributed by atoms with Crippen molar-refractivity contribution in [3.05, 3.63) is 41.0 Å². The zero-order chi connectivity index (χ0) is 22.1. The zero-order valence-electron chi connectivity index (χ0n) is 17.3. The monoisotopic (exact) mass is 448 g/mol. The number of nitrogens with zero attached hydrogens (tertiary/aromatic N) is 3. The van der Waals surface area contributed by atoms with Crippen LogP contribution >= 0.6 is 11.3 Å². The molecule has 0 radical (unpaired) electrons. The highest BCUT2D eigenvalue weighted by Gasteiger charge is 2.32. The van der Waals surface area contributed by atoms with Gasteiger partial charge in [-0.3, -0.25) is 9.69 Å². The first kappa shape index (κ1) is 21.4. The number of nitrogens with one attached hydrogen (secondary N) is 1. The minimum absolute atomic E-state index is 0.131. The number of rotatable bonds is 6. The van der Waals surface area contributed by atoms with Gasteiger partial charge in [0.1, 0.15) is 6.10 Å². The predicted octanol–water partition coefficient (Wildman–Crippen LogP) is 3.98. The molecule has 0 spiro atoms. The van der Waals surface area contributed by atoms with Gasteiger partial charge in [0.25, 0.3) is 0 Å². The average molecular weight is 448 g/mol. The molecule has 2 unspecified atom stereocenters. The summed E-state index contributed by atoms with van der Waals surface area (Å²) in [6.07, 6.45) is 2.24. The van der Waals surface area contributed by atoms with Gasteiger partial charge in [-0.2, -0.15) is 9.37 Å². The van der Waals surface area contributed by atoms with Crippen LogP contribution in [0.2, 0.25) is 0 Å². The molecule has 0 bridgehead atoms. The van der Waals surface area contributed by atoms with Crippen LogP contribution in [0.5, 0.6) is 11.6 Å². The lowest BCUT2D eigenvalue weighted by Crippen LogP contribution is -2.28. The van der Waals surface area contributed by atoms with Crippen LogP contribution in [-0.2, 0) is 11.3 Å². The lowest BCUT2D eigenvalue weighted by Gasteiger charge is -2.19. The number of hydrogen-bond acceptors (Lipinski definition) is 7. The SMILES string of the molecule is COc1cc2cnc(OC3CC(C)N(Cc4sc(NC(C)=O)nc4F)C3)cc2cc1F. The van der Waals surface area contributed by atoms with Gasteiger partial charge in [-0.25, -0.2) is 9.37 Å². The third-order valence-electron chi connectivity index (χ3n) is 5.20. The number of thiazole rings is 1. The zero-order valence-corrected chi connectivity index (χ0v) is 18.1. The number of benzene rings is 1. The van der Waals surface area contributed by atoms with E-state index in [9.17, 15) is 13.6 Å². The van der Waals surface area contributed by atoms with E-state index >= 15 is 0 Å². The summed E-state index contributed by atoms with van der Waals surface area (Å²) < 4.78 is 39.2. The van der Waals surface area contributed by atoms with Crippen molar-refractivity contribution in [3.8, 4) is 11.6 Å². The van der Waals surface area contributed by atoms with Gasteiger partial charge < -0.3 is 14.8 Å². The number of fused-ring (bicyclic) bond motifs is 1. The van der Waals surface area contributed by atoms with Crippen molar-refractivity contribution in [2.45, 2.75) is 39.0 Å². The number of halogens is 2. The average Bonchev–Trinajstić information content (AvgIpc) is 3.22. The number of methoxy groups -OCH3 is 1. The molecule has 1 aliphatic rings. The molecule has 10 heteroatoms. The summed E-state index contributed by atoms with van der Waals surface area (Å²) >= 11 is 1.13. The fourth-order valence-electron chi connectivity index (χ4n) is 3.69. The second-order valence-corrected chi connectivity index (χ2v) is 8.61. The Kier molecular flexibility index (Phi) is 6.01. The third kappa shape index (κ3) is 4.75. The van der Waals surface area contributed by atoms with Gasteiger partial charge >= 0.3 is 0 Å². The molecule has 0 saturated carbocycles. The van der Waals surface area contributed by atoms with Crippen molar-refractivity contribution in [2.75, 3.05) is 19.0 Å². The first-order chi connectivity index (χ1) is 14.8. The lowest BCUT2D eigenvalue weighted by atomic mass is 10.1. The molecule has 31 heavy (non-hydrogen) atoms. The number of carbonyl (C=O) groups is 1. The van der Waals surface area contributed by atoms with Crippen LogP contribution in [0.25, 0.3) is 10.8 Å². The molecule has 7 nitrogen and oxygen atoms in total. The van der Waals surface area contributed by atoms with Crippen molar-refractivity contribution in [3.63, 3.8) is 0 Å². The smallest absolute Gasteiger partial charge is 0.230 e. The Morgan fingerprint density at radius 3 is 2.87 bits per heavy atom. The van der Waals surface area contributed by atoms with Crippen LogP contribution in [0, 0.1) is 11.8 Å². The summed E-state index contributed by atoms with van der Waals surface area (Å²) in [6, 6.07) is 4.86. The maximum atomic E-state index is 14.2. The Bertz CT molecular complexity index is 1120. The second-order valence-electron chi connectivity index (χ2n) is 7.52. The Morgan fingerprint density at radius 1 is 1.32 bits per heavy atom. The van der Waals surface area contributed by atoms with Crippen molar-refractivity contribution in [1.82, 2.24) is 14.9 Å². The van der Waals surface area contributed by atoms with Crippen LogP contribution in [0.1, 0.15) is 25.1 Å². The van der Waals surface area contributed by atoms with Gasteiger partial charge in [-0.15, -0.1) is 0 Å². The number of anilines is 1. The summed E-state index contributed by atoms with van der Waals surface area (Å²) in [5, 5.41) is 4.19. The Morgan fingerprint density at radius 2 is 2.13 bits per heavy atom. The number of carbonyl (C=O) groups excluding carboxylic acids is 1. The number of ether oxygens (including phenoxy) is 2. The van der Waals surface area contributed by atoms with E-state index in [2.05, 4.69) is 20.2 Å². The van der Waals surface area contributed by atoms with Crippen LogP contribution < -0.4 is 14.8 Å². The molecular weight excluding hydrogens is 426 g/mol. The summed E-state index contributed by atoms with van der Waals surface area (Å²) in [6.45, 7) is 4.37. The largest absolute Gasteiger partial charge is 0.494 e. The molecule has 0 aliphatic carbocycles. The number of pyridine rings is 1. The number of likely N-dealkylation sites (tertiary alicyclic amines) is 1. The lowest BCUT2D eigenvalue weighted by molar-refractivity contribution is -0.114. The fraction of sp³-hybridized carbons (Fsp3) is 0.381. The van der Waals surface area contributed by atoms with Gasteiger partial charge in [0.2, 0.25) is 17.7 Å². The quantitative estimate of drug-likeness (QED) is 0.615. The Labute approximate surface area is 182 Å². The Balaban J connectivity index is 1.43. The highest BCUT2D eigenvalue weighted by atomic mass is 32.1. The summed E-state index contributed by atoms with van der Waals surface area (Å²) in [5.74, 6) is -0.727. The maximum Gasteiger partial charge on any atom is 0.230 e. The van der Waals surface area contributed by atoms with Gasteiger partial charge in [-0.1, -0.05) is 11.3 Å².